The van der Waals surface area contributed by atoms with Gasteiger partial charge in [-0.05, 0) is 36.0 Å². The Morgan fingerprint density at radius 1 is 1.32 bits per heavy atom. The molecule has 1 aromatic carbocycles. The van der Waals surface area contributed by atoms with Gasteiger partial charge in [-0.1, -0.05) is 26.0 Å². The molecule has 0 spiro atoms. The molecule has 1 aliphatic carbocycles. The number of hydrogen-bond donors (Lipinski definition) is 2. The van der Waals surface area contributed by atoms with E-state index in [1.807, 2.05) is 0 Å². The van der Waals surface area contributed by atoms with Crippen LogP contribution in [0.15, 0.2) is 24.3 Å². The van der Waals surface area contributed by atoms with Crippen LogP contribution in [-0.2, 0) is 11.2 Å². The van der Waals surface area contributed by atoms with Crippen molar-refractivity contribution in [2.45, 2.75) is 26.7 Å². The summed E-state index contributed by atoms with van der Waals surface area (Å²) in [7, 11) is 0. The summed E-state index contributed by atoms with van der Waals surface area (Å²) >= 11 is 0. The highest BCUT2D eigenvalue weighted by Crippen LogP contribution is 2.51. The van der Waals surface area contributed by atoms with E-state index in [1.165, 1.54) is 0 Å². The molecule has 4 nitrogen and oxygen atoms in total. The smallest absolute Gasteiger partial charge is 0.335 e. The zero-order chi connectivity index (χ0) is 14.0. The third kappa shape index (κ3) is 3.34. The van der Waals surface area contributed by atoms with Crippen LogP contribution in [0, 0.1) is 11.3 Å². The number of benzene rings is 1. The van der Waals surface area contributed by atoms with Gasteiger partial charge >= 0.3 is 5.97 Å². The van der Waals surface area contributed by atoms with Gasteiger partial charge in [0, 0.05) is 12.5 Å². The standard InChI is InChI=1S/C15H19NO3/c1-15(2)9-12(15)13(17)16-8-7-10-3-5-11(6-4-10)14(18)19/h3-6,12H,7-9H2,1-2H3,(H,16,17)(H,18,19)/t12-/m1/s1. The Labute approximate surface area is 112 Å². The van der Waals surface area contributed by atoms with Gasteiger partial charge in [-0.25, -0.2) is 4.79 Å². The molecule has 19 heavy (non-hydrogen) atoms. The number of rotatable bonds is 5. The van der Waals surface area contributed by atoms with Gasteiger partial charge < -0.3 is 10.4 Å². The van der Waals surface area contributed by atoms with Crippen molar-refractivity contribution in [3.05, 3.63) is 35.4 Å². The lowest BCUT2D eigenvalue weighted by Crippen LogP contribution is -2.28. The van der Waals surface area contributed by atoms with Crippen molar-refractivity contribution in [2.24, 2.45) is 11.3 Å². The van der Waals surface area contributed by atoms with E-state index in [4.69, 9.17) is 5.11 Å². The molecule has 1 fully saturated rings. The molecule has 0 saturated heterocycles. The summed E-state index contributed by atoms with van der Waals surface area (Å²) in [4.78, 5) is 22.5. The Bertz CT molecular complexity index is 491. The molecule has 1 aromatic rings. The van der Waals surface area contributed by atoms with Crippen LogP contribution in [0.1, 0.15) is 36.2 Å². The molecule has 2 N–H and O–H groups in total. The maximum absolute atomic E-state index is 11.8. The summed E-state index contributed by atoms with van der Waals surface area (Å²) in [6, 6.07) is 6.75. The van der Waals surface area contributed by atoms with Crippen molar-refractivity contribution in [3.63, 3.8) is 0 Å². The average molecular weight is 261 g/mol. The summed E-state index contributed by atoms with van der Waals surface area (Å²) in [5, 5.41) is 11.7. The highest BCUT2D eigenvalue weighted by atomic mass is 16.4. The lowest BCUT2D eigenvalue weighted by molar-refractivity contribution is -0.122. The van der Waals surface area contributed by atoms with E-state index < -0.39 is 5.97 Å². The number of nitrogens with one attached hydrogen (secondary N) is 1. The second kappa shape index (κ2) is 5.03. The number of aromatic carboxylic acids is 1. The topological polar surface area (TPSA) is 66.4 Å². The number of amides is 1. The van der Waals surface area contributed by atoms with Crippen LogP contribution in [0.2, 0.25) is 0 Å². The molecule has 1 saturated carbocycles. The minimum Gasteiger partial charge on any atom is -0.478 e. The summed E-state index contributed by atoms with van der Waals surface area (Å²) in [5.74, 6) is -0.634. The molecule has 102 valence electrons. The first-order valence-corrected chi connectivity index (χ1v) is 6.50. The Morgan fingerprint density at radius 2 is 1.89 bits per heavy atom. The molecule has 1 amide bonds. The van der Waals surface area contributed by atoms with E-state index in [1.54, 1.807) is 24.3 Å². The summed E-state index contributed by atoms with van der Waals surface area (Å²) < 4.78 is 0. The molecule has 0 aliphatic heterocycles. The van der Waals surface area contributed by atoms with Crippen molar-refractivity contribution in [3.8, 4) is 0 Å². The zero-order valence-corrected chi connectivity index (χ0v) is 11.3. The second-order valence-electron chi connectivity index (χ2n) is 5.79. The van der Waals surface area contributed by atoms with Gasteiger partial charge in [-0.2, -0.15) is 0 Å². The highest BCUT2D eigenvalue weighted by molar-refractivity contribution is 5.87. The second-order valence-corrected chi connectivity index (χ2v) is 5.79. The summed E-state index contributed by atoms with van der Waals surface area (Å²) in [5.41, 5.74) is 1.47. The minimum absolute atomic E-state index is 0.132. The molecular weight excluding hydrogens is 242 g/mol. The normalized spacial score (nSPS) is 19.8. The van der Waals surface area contributed by atoms with Crippen molar-refractivity contribution in [1.82, 2.24) is 5.32 Å². The van der Waals surface area contributed by atoms with Crippen LogP contribution in [0.5, 0.6) is 0 Å². The molecule has 1 aliphatic rings. The lowest BCUT2D eigenvalue weighted by Gasteiger charge is -2.07. The number of carbonyl (C=O) groups is 2. The minimum atomic E-state index is -0.921. The molecule has 2 rings (SSSR count). The summed E-state index contributed by atoms with van der Waals surface area (Å²) in [6.07, 6.45) is 1.69. The van der Waals surface area contributed by atoms with E-state index in [-0.39, 0.29) is 22.8 Å². The number of carbonyl (C=O) groups excluding carboxylic acids is 1. The van der Waals surface area contributed by atoms with E-state index >= 15 is 0 Å². The Morgan fingerprint density at radius 3 is 2.37 bits per heavy atom. The molecule has 0 heterocycles. The quantitative estimate of drug-likeness (QED) is 0.853. The maximum atomic E-state index is 11.8. The van der Waals surface area contributed by atoms with Crippen LogP contribution in [0.3, 0.4) is 0 Å². The number of carboxylic acid groups (broad SMARTS) is 1. The van der Waals surface area contributed by atoms with Gasteiger partial charge in [0.2, 0.25) is 5.91 Å². The van der Waals surface area contributed by atoms with Crippen LogP contribution >= 0.6 is 0 Å². The molecule has 4 heteroatoms. The molecule has 0 aromatic heterocycles. The van der Waals surface area contributed by atoms with E-state index in [0.717, 1.165) is 18.4 Å². The monoisotopic (exact) mass is 261 g/mol. The number of hydrogen-bond acceptors (Lipinski definition) is 2. The lowest BCUT2D eigenvalue weighted by atomic mass is 10.1. The molecule has 0 radical (unpaired) electrons. The van der Waals surface area contributed by atoms with Crippen LogP contribution in [0.4, 0.5) is 0 Å². The zero-order valence-electron chi connectivity index (χ0n) is 11.3. The van der Waals surface area contributed by atoms with Gasteiger partial charge in [0.15, 0.2) is 0 Å². The molecule has 1 atom stereocenters. The first kappa shape index (κ1) is 13.6. The van der Waals surface area contributed by atoms with Crippen molar-refractivity contribution in [1.29, 1.82) is 0 Å². The van der Waals surface area contributed by atoms with Gasteiger partial charge in [-0.3, -0.25) is 4.79 Å². The Balaban J connectivity index is 1.77. The third-order valence-corrected chi connectivity index (χ3v) is 3.74. The predicted molar refractivity (Wildman–Crippen MR) is 72.0 cm³/mol. The largest absolute Gasteiger partial charge is 0.478 e. The molecular formula is C15H19NO3. The van der Waals surface area contributed by atoms with Gasteiger partial charge in [-0.15, -0.1) is 0 Å². The average Bonchev–Trinajstić information content (AvgIpc) is 2.99. The fourth-order valence-corrected chi connectivity index (χ4v) is 2.18. The van der Waals surface area contributed by atoms with Gasteiger partial charge in [0.05, 0.1) is 5.56 Å². The molecule has 0 bridgehead atoms. The summed E-state index contributed by atoms with van der Waals surface area (Å²) in [6.45, 7) is 4.79. The Kier molecular flexibility index (Phi) is 3.60. The van der Waals surface area contributed by atoms with Crippen LogP contribution in [-0.4, -0.2) is 23.5 Å². The van der Waals surface area contributed by atoms with E-state index in [2.05, 4.69) is 19.2 Å². The van der Waals surface area contributed by atoms with Crippen LogP contribution in [0.25, 0.3) is 0 Å². The fraction of sp³-hybridized carbons (Fsp3) is 0.467. The van der Waals surface area contributed by atoms with Crippen LogP contribution < -0.4 is 5.32 Å². The molecule has 0 unspecified atom stereocenters. The van der Waals surface area contributed by atoms with E-state index in [0.29, 0.717) is 6.54 Å². The number of carboxylic acids is 1. The maximum Gasteiger partial charge on any atom is 0.335 e. The predicted octanol–water partition coefficient (Wildman–Crippen LogP) is 2.09. The fourth-order valence-electron chi connectivity index (χ4n) is 2.18. The van der Waals surface area contributed by atoms with Crippen molar-refractivity contribution in [2.75, 3.05) is 6.54 Å². The SMILES string of the molecule is CC1(C)C[C@@H]1C(=O)NCCc1ccc(C(=O)O)cc1. The first-order chi connectivity index (χ1) is 8.90. The van der Waals surface area contributed by atoms with E-state index in [9.17, 15) is 9.59 Å². The first-order valence-electron chi connectivity index (χ1n) is 6.50. The highest BCUT2D eigenvalue weighted by Gasteiger charge is 2.50. The van der Waals surface area contributed by atoms with Crippen molar-refractivity contribution >= 4 is 11.9 Å². The Hall–Kier alpha value is -1.84. The third-order valence-electron chi connectivity index (χ3n) is 3.74. The van der Waals surface area contributed by atoms with Crippen molar-refractivity contribution < 1.29 is 14.7 Å². The van der Waals surface area contributed by atoms with Gasteiger partial charge in [0.1, 0.15) is 0 Å². The van der Waals surface area contributed by atoms with Gasteiger partial charge in [0.25, 0.3) is 0 Å².